The summed E-state index contributed by atoms with van der Waals surface area (Å²) in [5.41, 5.74) is 6.89. The molecular weight excluding hydrogens is 190 g/mol. The van der Waals surface area contributed by atoms with E-state index < -0.39 is 0 Å². The van der Waals surface area contributed by atoms with Gasteiger partial charge in [-0.3, -0.25) is 4.40 Å². The Labute approximate surface area is 88.3 Å². The summed E-state index contributed by atoms with van der Waals surface area (Å²) in [6.07, 6.45) is 5.36. The zero-order valence-corrected chi connectivity index (χ0v) is 8.96. The van der Waals surface area contributed by atoms with Crippen molar-refractivity contribution in [2.45, 2.75) is 19.8 Å². The van der Waals surface area contributed by atoms with Crippen molar-refractivity contribution in [2.24, 2.45) is 11.7 Å². The van der Waals surface area contributed by atoms with E-state index in [1.165, 1.54) is 0 Å². The van der Waals surface area contributed by atoms with Gasteiger partial charge in [-0.25, -0.2) is 4.98 Å². The first-order valence-corrected chi connectivity index (χ1v) is 5.08. The van der Waals surface area contributed by atoms with Gasteiger partial charge in [0, 0.05) is 24.4 Å². The molecular formula is C10H15N5. The zero-order chi connectivity index (χ0) is 10.8. The van der Waals surface area contributed by atoms with Crippen molar-refractivity contribution in [3.63, 3.8) is 0 Å². The van der Waals surface area contributed by atoms with Crippen LogP contribution < -0.4 is 5.73 Å². The molecule has 0 aliphatic heterocycles. The molecule has 0 aliphatic rings. The summed E-state index contributed by atoms with van der Waals surface area (Å²) >= 11 is 0. The highest BCUT2D eigenvalue weighted by Gasteiger charge is 2.18. The van der Waals surface area contributed by atoms with Gasteiger partial charge in [-0.2, -0.15) is 5.10 Å². The van der Waals surface area contributed by atoms with Crippen molar-refractivity contribution in [2.75, 3.05) is 6.54 Å². The summed E-state index contributed by atoms with van der Waals surface area (Å²) in [6, 6.07) is 0. The van der Waals surface area contributed by atoms with Gasteiger partial charge >= 0.3 is 0 Å². The monoisotopic (exact) mass is 205 g/mol. The van der Waals surface area contributed by atoms with Gasteiger partial charge in [0.2, 0.25) is 0 Å². The van der Waals surface area contributed by atoms with Gasteiger partial charge in [-0.05, 0) is 5.92 Å². The largest absolute Gasteiger partial charge is 0.330 e. The molecule has 2 rings (SSSR count). The van der Waals surface area contributed by atoms with E-state index in [-0.39, 0.29) is 0 Å². The van der Waals surface area contributed by atoms with Crippen molar-refractivity contribution < 1.29 is 0 Å². The van der Waals surface area contributed by atoms with Crippen LogP contribution >= 0.6 is 0 Å². The van der Waals surface area contributed by atoms with E-state index in [0.717, 1.165) is 5.69 Å². The molecule has 0 aromatic carbocycles. The predicted octanol–water partition coefficient (Wildman–Crippen LogP) is 0.823. The minimum atomic E-state index is 0.309. The van der Waals surface area contributed by atoms with Crippen LogP contribution in [0.4, 0.5) is 0 Å². The van der Waals surface area contributed by atoms with E-state index in [1.54, 1.807) is 6.20 Å². The topological polar surface area (TPSA) is 69.1 Å². The Morgan fingerprint density at radius 1 is 1.47 bits per heavy atom. The van der Waals surface area contributed by atoms with E-state index in [0.29, 0.717) is 24.2 Å². The smallest absolute Gasteiger partial charge is 0.253 e. The highest BCUT2D eigenvalue weighted by Crippen LogP contribution is 2.23. The van der Waals surface area contributed by atoms with E-state index in [4.69, 9.17) is 5.73 Å². The minimum Gasteiger partial charge on any atom is -0.330 e. The second kappa shape index (κ2) is 3.94. The van der Waals surface area contributed by atoms with Gasteiger partial charge < -0.3 is 5.73 Å². The molecule has 5 nitrogen and oxygen atoms in total. The lowest BCUT2D eigenvalue weighted by molar-refractivity contribution is 0.492. The first-order valence-electron chi connectivity index (χ1n) is 5.08. The lowest BCUT2D eigenvalue weighted by Crippen LogP contribution is -2.19. The molecule has 15 heavy (non-hydrogen) atoms. The van der Waals surface area contributed by atoms with Gasteiger partial charge in [0.1, 0.15) is 0 Å². The second-order valence-corrected chi connectivity index (χ2v) is 3.95. The third-order valence-corrected chi connectivity index (χ3v) is 2.67. The summed E-state index contributed by atoms with van der Waals surface area (Å²) < 4.78 is 1.95. The van der Waals surface area contributed by atoms with E-state index in [1.807, 2.05) is 16.8 Å². The van der Waals surface area contributed by atoms with Crippen molar-refractivity contribution in [1.82, 2.24) is 19.6 Å². The fraction of sp³-hybridized carbons (Fsp3) is 0.500. The highest BCUT2D eigenvalue weighted by molar-refractivity contribution is 5.30. The van der Waals surface area contributed by atoms with Crippen molar-refractivity contribution in [1.29, 1.82) is 0 Å². The minimum absolute atomic E-state index is 0.309. The number of rotatable bonds is 3. The third-order valence-electron chi connectivity index (χ3n) is 2.67. The maximum absolute atomic E-state index is 5.78. The summed E-state index contributed by atoms with van der Waals surface area (Å²) in [6.45, 7) is 4.94. The number of hydrogen-bond donors (Lipinski definition) is 1. The average Bonchev–Trinajstić information content (AvgIpc) is 2.63. The van der Waals surface area contributed by atoms with Crippen LogP contribution in [0, 0.1) is 5.92 Å². The van der Waals surface area contributed by atoms with Crippen LogP contribution in [0.25, 0.3) is 5.78 Å². The molecule has 2 N–H and O–H groups in total. The number of nitrogens with zero attached hydrogens (tertiary/aromatic N) is 4. The first kappa shape index (κ1) is 10.0. The Kier molecular flexibility index (Phi) is 2.64. The number of nitrogens with two attached hydrogens (primary N) is 1. The van der Waals surface area contributed by atoms with E-state index in [9.17, 15) is 0 Å². The molecule has 1 unspecified atom stereocenters. The maximum atomic E-state index is 5.78. The van der Waals surface area contributed by atoms with Crippen molar-refractivity contribution >= 4 is 5.78 Å². The molecule has 0 bridgehead atoms. The molecule has 0 saturated heterocycles. The Bertz CT molecular complexity index is 448. The number of imidazole rings is 1. The quantitative estimate of drug-likeness (QED) is 0.805. The second-order valence-electron chi connectivity index (χ2n) is 3.95. The Balaban J connectivity index is 2.51. The van der Waals surface area contributed by atoms with Crippen LogP contribution in [0.2, 0.25) is 0 Å². The van der Waals surface area contributed by atoms with Crippen LogP contribution in [0.3, 0.4) is 0 Å². The van der Waals surface area contributed by atoms with E-state index in [2.05, 4.69) is 29.0 Å². The van der Waals surface area contributed by atoms with Gasteiger partial charge in [0.05, 0.1) is 12.4 Å². The molecule has 0 radical (unpaired) electrons. The lowest BCUT2D eigenvalue weighted by Gasteiger charge is -2.17. The number of aromatic nitrogens is 4. The zero-order valence-electron chi connectivity index (χ0n) is 8.96. The Hall–Kier alpha value is -1.49. The van der Waals surface area contributed by atoms with Gasteiger partial charge in [0.15, 0.2) is 0 Å². The Morgan fingerprint density at radius 2 is 2.27 bits per heavy atom. The number of fused-ring (bicyclic) bond motifs is 1. The maximum Gasteiger partial charge on any atom is 0.253 e. The molecule has 0 aliphatic carbocycles. The van der Waals surface area contributed by atoms with Crippen LogP contribution in [-0.4, -0.2) is 26.1 Å². The molecule has 0 spiro atoms. The molecule has 0 saturated carbocycles. The van der Waals surface area contributed by atoms with Gasteiger partial charge in [-0.1, -0.05) is 13.8 Å². The fourth-order valence-corrected chi connectivity index (χ4v) is 1.78. The SMILES string of the molecule is CC(C)C(CN)c1cnc2nnccn12. The summed E-state index contributed by atoms with van der Waals surface area (Å²) in [5, 5.41) is 7.73. The number of hydrogen-bond acceptors (Lipinski definition) is 4. The van der Waals surface area contributed by atoms with Gasteiger partial charge in [0.25, 0.3) is 5.78 Å². The van der Waals surface area contributed by atoms with Crippen LogP contribution in [0.1, 0.15) is 25.5 Å². The molecule has 2 aromatic rings. The van der Waals surface area contributed by atoms with Crippen molar-refractivity contribution in [3.8, 4) is 0 Å². The molecule has 0 amide bonds. The van der Waals surface area contributed by atoms with Crippen LogP contribution in [-0.2, 0) is 0 Å². The molecule has 5 heteroatoms. The molecule has 2 heterocycles. The lowest BCUT2D eigenvalue weighted by atomic mass is 9.93. The Morgan fingerprint density at radius 3 is 2.93 bits per heavy atom. The standard InChI is InChI=1S/C10H15N5/c1-7(2)8(5-11)9-6-12-10-14-13-3-4-15(9)10/h3-4,6-8H,5,11H2,1-2H3. The summed E-state index contributed by atoms with van der Waals surface area (Å²) in [7, 11) is 0. The molecule has 80 valence electrons. The molecule has 1 atom stereocenters. The van der Waals surface area contributed by atoms with E-state index >= 15 is 0 Å². The highest BCUT2D eigenvalue weighted by atomic mass is 15.2. The normalized spacial score (nSPS) is 13.6. The molecule has 0 fully saturated rings. The summed E-state index contributed by atoms with van der Waals surface area (Å²) in [4.78, 5) is 4.20. The average molecular weight is 205 g/mol. The summed E-state index contributed by atoms with van der Waals surface area (Å²) in [5.74, 6) is 1.43. The van der Waals surface area contributed by atoms with Crippen LogP contribution in [0.15, 0.2) is 18.6 Å². The van der Waals surface area contributed by atoms with Crippen LogP contribution in [0.5, 0.6) is 0 Å². The first-order chi connectivity index (χ1) is 7.24. The van der Waals surface area contributed by atoms with Crippen molar-refractivity contribution in [3.05, 3.63) is 24.3 Å². The van der Waals surface area contributed by atoms with Gasteiger partial charge in [-0.15, -0.1) is 5.10 Å². The third kappa shape index (κ3) is 1.70. The predicted molar refractivity (Wildman–Crippen MR) is 57.4 cm³/mol. The fourth-order valence-electron chi connectivity index (χ4n) is 1.78. The molecule has 2 aromatic heterocycles.